The van der Waals surface area contributed by atoms with Gasteiger partial charge in [-0.2, -0.15) is 0 Å². The molecule has 0 spiro atoms. The van der Waals surface area contributed by atoms with Gasteiger partial charge in [-0.1, -0.05) is 0 Å². The van der Waals surface area contributed by atoms with E-state index in [1.165, 1.54) is 0 Å². The Bertz CT molecular complexity index is 642. The molecule has 2 aromatic rings. The lowest BCUT2D eigenvalue weighted by Crippen LogP contribution is -2.39. The van der Waals surface area contributed by atoms with E-state index in [1.54, 1.807) is 13.3 Å². The molecular weight excluding hydrogens is 266 g/mol. The van der Waals surface area contributed by atoms with Crippen LogP contribution in [0.5, 0.6) is 0 Å². The summed E-state index contributed by atoms with van der Waals surface area (Å²) in [5.41, 5.74) is 8.16. The molecule has 0 unspecified atom stereocenters. The minimum Gasteiger partial charge on any atom is -0.399 e. The number of aromatic nitrogens is 1. The van der Waals surface area contributed by atoms with E-state index in [0.29, 0.717) is 17.2 Å². The number of H-pyrrole nitrogens is 1. The number of carbonyl (C=O) groups excluding carboxylic acids is 1. The van der Waals surface area contributed by atoms with Gasteiger partial charge in [-0.15, -0.1) is 0 Å². The van der Waals surface area contributed by atoms with Crippen molar-refractivity contribution >= 4 is 22.5 Å². The van der Waals surface area contributed by atoms with Gasteiger partial charge in [0.25, 0.3) is 5.91 Å². The highest BCUT2D eigenvalue weighted by Gasteiger charge is 2.25. The molecule has 0 radical (unpaired) electrons. The maximum atomic E-state index is 12.7. The Labute approximate surface area is 124 Å². The van der Waals surface area contributed by atoms with Crippen LogP contribution in [-0.2, 0) is 4.74 Å². The Hall–Kier alpha value is -2.01. The summed E-state index contributed by atoms with van der Waals surface area (Å²) in [6.45, 7) is 2.37. The number of hydrogen-bond donors (Lipinski definition) is 2. The van der Waals surface area contributed by atoms with Crippen molar-refractivity contribution in [3.63, 3.8) is 0 Å². The summed E-state index contributed by atoms with van der Waals surface area (Å²) in [6, 6.07) is 5.60. The third-order valence-electron chi connectivity index (χ3n) is 4.24. The summed E-state index contributed by atoms with van der Waals surface area (Å²) < 4.78 is 5.20. The second-order valence-corrected chi connectivity index (χ2v) is 5.70. The lowest BCUT2D eigenvalue weighted by atomic mass is 9.97. The molecule has 5 heteroatoms. The largest absolute Gasteiger partial charge is 0.399 e. The van der Waals surface area contributed by atoms with Crippen LogP contribution in [0.1, 0.15) is 23.2 Å². The average molecular weight is 287 g/mol. The van der Waals surface area contributed by atoms with Crippen molar-refractivity contribution in [3.8, 4) is 0 Å². The second kappa shape index (κ2) is 5.77. The molecule has 1 aromatic carbocycles. The lowest BCUT2D eigenvalue weighted by Gasteiger charge is -2.31. The molecule has 3 N–H and O–H groups in total. The highest BCUT2D eigenvalue weighted by atomic mass is 16.5. The number of ether oxygens (including phenoxy) is 1. The van der Waals surface area contributed by atoms with Crippen LogP contribution in [0, 0.1) is 5.92 Å². The van der Waals surface area contributed by atoms with Crippen LogP contribution in [0.3, 0.4) is 0 Å². The number of rotatable bonds is 3. The number of amides is 1. The summed E-state index contributed by atoms with van der Waals surface area (Å²) >= 11 is 0. The Morgan fingerprint density at radius 1 is 1.43 bits per heavy atom. The van der Waals surface area contributed by atoms with Crippen LogP contribution < -0.4 is 5.73 Å². The number of hydrogen-bond acceptors (Lipinski definition) is 3. The topological polar surface area (TPSA) is 71.3 Å². The fourth-order valence-electron chi connectivity index (χ4n) is 3.02. The van der Waals surface area contributed by atoms with Gasteiger partial charge in [-0.05, 0) is 37.0 Å². The van der Waals surface area contributed by atoms with E-state index in [9.17, 15) is 4.79 Å². The first kappa shape index (κ1) is 13.9. The highest BCUT2D eigenvalue weighted by Crippen LogP contribution is 2.24. The molecule has 1 aliphatic rings. The smallest absolute Gasteiger partial charge is 0.256 e. The zero-order valence-electron chi connectivity index (χ0n) is 12.3. The van der Waals surface area contributed by atoms with Crippen molar-refractivity contribution in [1.82, 2.24) is 9.88 Å². The molecule has 21 heavy (non-hydrogen) atoms. The molecule has 1 fully saturated rings. The maximum Gasteiger partial charge on any atom is 0.256 e. The van der Waals surface area contributed by atoms with Crippen molar-refractivity contribution in [3.05, 3.63) is 30.0 Å². The van der Waals surface area contributed by atoms with E-state index in [4.69, 9.17) is 10.5 Å². The second-order valence-electron chi connectivity index (χ2n) is 5.70. The Kier molecular flexibility index (Phi) is 3.84. The first-order valence-electron chi connectivity index (χ1n) is 7.34. The van der Waals surface area contributed by atoms with Gasteiger partial charge in [0.05, 0.1) is 5.56 Å². The summed E-state index contributed by atoms with van der Waals surface area (Å²) in [5, 5.41) is 0.902. The number of benzene rings is 1. The maximum absolute atomic E-state index is 12.7. The summed E-state index contributed by atoms with van der Waals surface area (Å²) in [7, 11) is 1.73. The number of methoxy groups -OCH3 is 1. The van der Waals surface area contributed by atoms with Gasteiger partial charge in [-0.25, -0.2) is 0 Å². The number of anilines is 1. The van der Waals surface area contributed by atoms with E-state index in [2.05, 4.69) is 4.98 Å². The molecule has 1 amide bonds. The van der Waals surface area contributed by atoms with Crippen LogP contribution in [0.4, 0.5) is 5.69 Å². The van der Waals surface area contributed by atoms with Gasteiger partial charge >= 0.3 is 0 Å². The predicted octanol–water partition coefficient (Wildman–Crippen LogP) is 2.25. The Morgan fingerprint density at radius 3 is 2.90 bits per heavy atom. The van der Waals surface area contributed by atoms with Crippen molar-refractivity contribution in [2.24, 2.45) is 5.92 Å². The quantitative estimate of drug-likeness (QED) is 0.851. The SMILES string of the molecule is COCC1CCN(C(=O)c2c[nH]c3ccc(N)cc23)CC1. The minimum atomic E-state index is 0.0858. The van der Waals surface area contributed by atoms with Gasteiger partial charge < -0.3 is 20.4 Å². The molecule has 112 valence electrons. The molecule has 3 rings (SSSR count). The third-order valence-corrected chi connectivity index (χ3v) is 4.24. The van der Waals surface area contributed by atoms with Crippen molar-refractivity contribution in [2.75, 3.05) is 32.5 Å². The standard InChI is InChI=1S/C16H21N3O2/c1-21-10-11-4-6-19(7-5-11)16(20)14-9-18-15-3-2-12(17)8-13(14)15/h2-3,8-9,11,18H,4-7,10,17H2,1H3. The lowest BCUT2D eigenvalue weighted by molar-refractivity contribution is 0.0615. The fourth-order valence-corrected chi connectivity index (χ4v) is 3.02. The van der Waals surface area contributed by atoms with E-state index in [-0.39, 0.29) is 5.91 Å². The van der Waals surface area contributed by atoms with Crippen LogP contribution in [-0.4, -0.2) is 42.6 Å². The van der Waals surface area contributed by atoms with Crippen LogP contribution in [0.15, 0.2) is 24.4 Å². The molecule has 5 nitrogen and oxygen atoms in total. The minimum absolute atomic E-state index is 0.0858. The number of piperidine rings is 1. The molecule has 0 atom stereocenters. The van der Waals surface area contributed by atoms with Crippen molar-refractivity contribution in [2.45, 2.75) is 12.8 Å². The summed E-state index contributed by atoms with van der Waals surface area (Å²) in [5.74, 6) is 0.653. The van der Waals surface area contributed by atoms with E-state index in [0.717, 1.165) is 43.4 Å². The monoisotopic (exact) mass is 287 g/mol. The zero-order chi connectivity index (χ0) is 14.8. The molecular formula is C16H21N3O2. The first-order valence-corrected chi connectivity index (χ1v) is 7.34. The number of nitrogens with zero attached hydrogens (tertiary/aromatic N) is 1. The first-order chi connectivity index (χ1) is 10.2. The summed E-state index contributed by atoms with van der Waals surface area (Å²) in [4.78, 5) is 17.8. The molecule has 0 aliphatic carbocycles. The zero-order valence-corrected chi connectivity index (χ0v) is 12.3. The number of aromatic amines is 1. The van der Waals surface area contributed by atoms with Crippen molar-refractivity contribution in [1.29, 1.82) is 0 Å². The van der Waals surface area contributed by atoms with Crippen LogP contribution in [0.25, 0.3) is 10.9 Å². The van der Waals surface area contributed by atoms with E-state index >= 15 is 0 Å². The number of carbonyl (C=O) groups is 1. The van der Waals surface area contributed by atoms with E-state index in [1.807, 2.05) is 23.1 Å². The van der Waals surface area contributed by atoms with Crippen LogP contribution >= 0.6 is 0 Å². The van der Waals surface area contributed by atoms with Gasteiger partial charge in [0.1, 0.15) is 0 Å². The summed E-state index contributed by atoms with van der Waals surface area (Å²) in [6.07, 6.45) is 3.79. The molecule has 0 saturated carbocycles. The Morgan fingerprint density at radius 2 is 2.19 bits per heavy atom. The van der Waals surface area contributed by atoms with Gasteiger partial charge in [0.15, 0.2) is 0 Å². The van der Waals surface area contributed by atoms with Crippen LogP contribution in [0.2, 0.25) is 0 Å². The number of fused-ring (bicyclic) bond motifs is 1. The number of nitrogens with two attached hydrogens (primary N) is 1. The fraction of sp³-hybridized carbons (Fsp3) is 0.438. The average Bonchev–Trinajstić information content (AvgIpc) is 2.90. The predicted molar refractivity (Wildman–Crippen MR) is 83.2 cm³/mol. The number of nitrogens with one attached hydrogen (secondary N) is 1. The number of likely N-dealkylation sites (tertiary alicyclic amines) is 1. The molecule has 1 saturated heterocycles. The third kappa shape index (κ3) is 2.74. The molecule has 0 bridgehead atoms. The molecule has 2 heterocycles. The van der Waals surface area contributed by atoms with Gasteiger partial charge in [0.2, 0.25) is 0 Å². The normalized spacial score (nSPS) is 16.5. The van der Waals surface area contributed by atoms with Gasteiger partial charge in [-0.3, -0.25) is 4.79 Å². The molecule has 1 aromatic heterocycles. The van der Waals surface area contributed by atoms with Gasteiger partial charge in [0, 0.05) is 49.6 Å². The molecule has 1 aliphatic heterocycles. The van der Waals surface area contributed by atoms with Crippen molar-refractivity contribution < 1.29 is 9.53 Å². The number of nitrogen functional groups attached to an aromatic ring is 1. The highest BCUT2D eigenvalue weighted by molar-refractivity contribution is 6.07. The van der Waals surface area contributed by atoms with E-state index < -0.39 is 0 Å². The Balaban J connectivity index is 1.77.